The molecule has 5 nitrogen and oxygen atoms in total. The molecule has 1 aliphatic carbocycles. The van der Waals surface area contributed by atoms with Gasteiger partial charge in [0.05, 0.1) is 16.7 Å². The summed E-state index contributed by atoms with van der Waals surface area (Å²) >= 11 is 6.19. The molecule has 0 radical (unpaired) electrons. The van der Waals surface area contributed by atoms with Gasteiger partial charge < -0.3 is 15.2 Å². The average molecular weight is 427 g/mol. The summed E-state index contributed by atoms with van der Waals surface area (Å²) in [6.07, 6.45) is 4.70. The first kappa shape index (κ1) is 21.7. The number of nitrogens with one attached hydrogen (secondary N) is 1. The van der Waals surface area contributed by atoms with Crippen molar-refractivity contribution in [3.05, 3.63) is 34.5 Å². The maximum atomic E-state index is 12.7. The van der Waals surface area contributed by atoms with Crippen molar-refractivity contribution in [2.45, 2.75) is 64.7 Å². The largest absolute Gasteiger partial charge is 0.433 e. The third-order valence-corrected chi connectivity index (χ3v) is 5.94. The molecule has 2 aromatic rings. The van der Waals surface area contributed by atoms with Crippen molar-refractivity contribution in [2.75, 3.05) is 0 Å². The number of benzene rings is 1. The number of rotatable bonds is 5. The van der Waals surface area contributed by atoms with Gasteiger partial charge in [-0.1, -0.05) is 11.6 Å². The summed E-state index contributed by atoms with van der Waals surface area (Å²) in [6.45, 7) is 2.27. The Bertz CT molecular complexity index is 907. The molecule has 0 spiro atoms. The lowest BCUT2D eigenvalue weighted by Crippen LogP contribution is -2.41. The van der Waals surface area contributed by atoms with Crippen LogP contribution in [-0.4, -0.2) is 34.3 Å². The van der Waals surface area contributed by atoms with Crippen molar-refractivity contribution >= 4 is 28.4 Å². The van der Waals surface area contributed by atoms with E-state index in [0.717, 1.165) is 25.7 Å². The highest BCUT2D eigenvalue weighted by atomic mass is 35.5. The molecule has 3 rings (SSSR count). The fourth-order valence-corrected chi connectivity index (χ4v) is 4.28. The molecule has 2 N–H and O–H groups in total. The summed E-state index contributed by atoms with van der Waals surface area (Å²) < 4.78 is 29.7. The number of ether oxygens (including phenoxy) is 1. The predicted molar refractivity (Wildman–Crippen MR) is 108 cm³/mol. The zero-order valence-electron chi connectivity index (χ0n) is 16.6. The second-order valence-electron chi connectivity index (χ2n) is 8.19. The maximum Gasteiger partial charge on any atom is 0.387 e. The molecule has 0 saturated heterocycles. The van der Waals surface area contributed by atoms with E-state index < -0.39 is 12.2 Å². The topological polar surface area (TPSA) is 71.5 Å². The van der Waals surface area contributed by atoms with Crippen LogP contribution in [-0.2, 0) is 0 Å². The SMILES string of the molecule is Cc1cc2cc(C(=O)NC3CCC(C(C)(C)O)CC3)cnc2c(Cl)c1OC(F)F. The Morgan fingerprint density at radius 1 is 1.31 bits per heavy atom. The molecular formula is C21H25ClF2N2O3. The number of aryl methyl sites for hydroxylation is 1. The van der Waals surface area contributed by atoms with Crippen LogP contribution < -0.4 is 10.1 Å². The van der Waals surface area contributed by atoms with Crippen LogP contribution >= 0.6 is 11.6 Å². The molecule has 1 saturated carbocycles. The predicted octanol–water partition coefficient (Wildman–Crippen LogP) is 4.86. The lowest BCUT2D eigenvalue weighted by molar-refractivity contribution is -0.0501. The molecule has 1 amide bonds. The molecule has 0 unspecified atom stereocenters. The van der Waals surface area contributed by atoms with Crippen LogP contribution in [0.2, 0.25) is 5.02 Å². The third-order valence-electron chi connectivity index (χ3n) is 5.59. The van der Waals surface area contributed by atoms with Crippen molar-refractivity contribution in [3.8, 4) is 5.75 Å². The van der Waals surface area contributed by atoms with E-state index in [2.05, 4.69) is 15.0 Å². The standard InChI is InChI=1S/C21H25ClF2N2O3/c1-11-8-12-9-13(10-25-17(12)16(22)18(11)29-20(23)24)19(27)26-15-6-4-14(5-7-15)21(2,3)28/h8-10,14-15,20,28H,4-7H2,1-3H3,(H,26,27). The van der Waals surface area contributed by atoms with Gasteiger partial charge in [0.25, 0.3) is 5.91 Å². The number of carbonyl (C=O) groups is 1. The van der Waals surface area contributed by atoms with E-state index in [1.54, 1.807) is 19.1 Å². The number of fused-ring (bicyclic) bond motifs is 1. The molecule has 0 atom stereocenters. The Balaban J connectivity index is 1.74. The Morgan fingerprint density at radius 2 is 1.97 bits per heavy atom. The van der Waals surface area contributed by atoms with Gasteiger partial charge in [0.2, 0.25) is 0 Å². The van der Waals surface area contributed by atoms with Crippen LogP contribution in [0, 0.1) is 12.8 Å². The minimum atomic E-state index is -2.99. The van der Waals surface area contributed by atoms with E-state index in [1.165, 1.54) is 6.20 Å². The van der Waals surface area contributed by atoms with Gasteiger partial charge in [0, 0.05) is 17.6 Å². The number of alkyl halides is 2. The highest BCUT2D eigenvalue weighted by molar-refractivity contribution is 6.36. The average Bonchev–Trinajstić information content (AvgIpc) is 2.64. The summed E-state index contributed by atoms with van der Waals surface area (Å²) in [5.41, 5.74) is 0.406. The van der Waals surface area contributed by atoms with Gasteiger partial charge in [-0.25, -0.2) is 0 Å². The van der Waals surface area contributed by atoms with E-state index in [-0.39, 0.29) is 28.6 Å². The minimum Gasteiger partial charge on any atom is -0.433 e. The molecular weight excluding hydrogens is 402 g/mol. The lowest BCUT2D eigenvalue weighted by atomic mass is 9.77. The van der Waals surface area contributed by atoms with Crippen molar-refractivity contribution in [2.24, 2.45) is 5.92 Å². The molecule has 0 aliphatic heterocycles. The number of amides is 1. The summed E-state index contributed by atoms with van der Waals surface area (Å²) in [5.74, 6) is -0.122. The van der Waals surface area contributed by atoms with Crippen molar-refractivity contribution < 1.29 is 23.4 Å². The molecule has 1 aromatic carbocycles. The smallest absolute Gasteiger partial charge is 0.387 e. The summed E-state index contributed by atoms with van der Waals surface area (Å²) in [5, 5.41) is 13.7. The highest BCUT2D eigenvalue weighted by Gasteiger charge is 2.32. The molecule has 1 fully saturated rings. The van der Waals surface area contributed by atoms with Gasteiger partial charge in [-0.05, 0) is 70.1 Å². The first-order valence-electron chi connectivity index (χ1n) is 9.63. The van der Waals surface area contributed by atoms with Gasteiger partial charge in [-0.3, -0.25) is 9.78 Å². The van der Waals surface area contributed by atoms with Crippen LogP contribution in [0.4, 0.5) is 8.78 Å². The lowest BCUT2D eigenvalue weighted by Gasteiger charge is -2.36. The van der Waals surface area contributed by atoms with Gasteiger partial charge in [0.15, 0.2) is 0 Å². The number of hydrogen-bond acceptors (Lipinski definition) is 4. The zero-order chi connectivity index (χ0) is 21.3. The van der Waals surface area contributed by atoms with Crippen LogP contribution in [0.3, 0.4) is 0 Å². The summed E-state index contributed by atoms with van der Waals surface area (Å²) in [4.78, 5) is 16.9. The molecule has 1 heterocycles. The summed E-state index contributed by atoms with van der Waals surface area (Å²) in [6, 6.07) is 3.31. The first-order chi connectivity index (χ1) is 13.6. The Morgan fingerprint density at radius 3 is 2.55 bits per heavy atom. The second kappa shape index (κ2) is 8.40. The van der Waals surface area contributed by atoms with Gasteiger partial charge >= 0.3 is 6.61 Å². The van der Waals surface area contributed by atoms with E-state index in [0.29, 0.717) is 22.0 Å². The number of hydrogen-bond donors (Lipinski definition) is 2. The monoisotopic (exact) mass is 426 g/mol. The quantitative estimate of drug-likeness (QED) is 0.716. The Kier molecular flexibility index (Phi) is 6.29. The number of nitrogens with zero attached hydrogens (tertiary/aromatic N) is 1. The molecule has 1 aromatic heterocycles. The van der Waals surface area contributed by atoms with Crippen LogP contribution in [0.5, 0.6) is 5.75 Å². The van der Waals surface area contributed by atoms with Gasteiger partial charge in [0.1, 0.15) is 10.8 Å². The van der Waals surface area contributed by atoms with Gasteiger partial charge in [-0.2, -0.15) is 8.78 Å². The molecule has 29 heavy (non-hydrogen) atoms. The normalized spacial score (nSPS) is 20.1. The number of carbonyl (C=O) groups excluding carboxylic acids is 1. The fraction of sp³-hybridized carbons (Fsp3) is 0.524. The van der Waals surface area contributed by atoms with E-state index >= 15 is 0 Å². The van der Waals surface area contributed by atoms with Crippen LogP contribution in [0.25, 0.3) is 10.9 Å². The Labute approximate surface area is 173 Å². The third kappa shape index (κ3) is 4.95. The van der Waals surface area contributed by atoms with E-state index in [1.807, 2.05) is 13.8 Å². The number of aliphatic hydroxyl groups is 1. The van der Waals surface area contributed by atoms with Crippen LogP contribution in [0.15, 0.2) is 18.3 Å². The fourth-order valence-electron chi connectivity index (χ4n) is 3.93. The molecule has 1 aliphatic rings. The number of halogens is 3. The summed E-state index contributed by atoms with van der Waals surface area (Å²) in [7, 11) is 0. The second-order valence-corrected chi connectivity index (χ2v) is 8.56. The Hall–Kier alpha value is -1.99. The van der Waals surface area contributed by atoms with Crippen molar-refractivity contribution in [1.82, 2.24) is 10.3 Å². The zero-order valence-corrected chi connectivity index (χ0v) is 17.4. The van der Waals surface area contributed by atoms with E-state index in [9.17, 15) is 18.7 Å². The minimum absolute atomic E-state index is 0.00259. The maximum absolute atomic E-state index is 12.7. The number of pyridine rings is 1. The van der Waals surface area contributed by atoms with Crippen LogP contribution in [0.1, 0.15) is 55.5 Å². The van der Waals surface area contributed by atoms with Crippen molar-refractivity contribution in [1.29, 1.82) is 0 Å². The number of aromatic nitrogens is 1. The van der Waals surface area contributed by atoms with Crippen molar-refractivity contribution in [3.63, 3.8) is 0 Å². The molecule has 8 heteroatoms. The van der Waals surface area contributed by atoms with E-state index in [4.69, 9.17) is 11.6 Å². The first-order valence-corrected chi connectivity index (χ1v) is 10.0. The van der Waals surface area contributed by atoms with Gasteiger partial charge in [-0.15, -0.1) is 0 Å². The molecule has 158 valence electrons. The highest BCUT2D eigenvalue weighted by Crippen LogP contribution is 2.36. The molecule has 0 bridgehead atoms.